The number of hydrogen-bond donors (Lipinski definition) is 2. The van der Waals surface area contributed by atoms with Gasteiger partial charge in [0.15, 0.2) is 0 Å². The quantitative estimate of drug-likeness (QED) is 0.870. The first-order valence-electron chi connectivity index (χ1n) is 6.49. The molecule has 0 spiro atoms. The van der Waals surface area contributed by atoms with Crippen molar-refractivity contribution < 1.29 is 4.79 Å². The number of rotatable bonds is 5. The van der Waals surface area contributed by atoms with Gasteiger partial charge >= 0.3 is 0 Å². The number of anilines is 2. The van der Waals surface area contributed by atoms with Gasteiger partial charge in [-0.1, -0.05) is 29.3 Å². The first-order valence-corrected chi connectivity index (χ1v) is 6.87. The van der Waals surface area contributed by atoms with Gasteiger partial charge in [0.1, 0.15) is 0 Å². The third-order valence-electron chi connectivity index (χ3n) is 2.86. The first-order chi connectivity index (χ1) is 9.63. The molecule has 0 radical (unpaired) electrons. The molecule has 0 atom stereocenters. The highest BCUT2D eigenvalue weighted by Gasteiger charge is 2.02. The van der Waals surface area contributed by atoms with Crippen LogP contribution < -0.4 is 10.6 Å². The Bertz CT molecular complexity index is 564. The van der Waals surface area contributed by atoms with Crippen LogP contribution in [0, 0.1) is 6.92 Å². The van der Waals surface area contributed by atoms with E-state index in [1.807, 2.05) is 55.5 Å². The average molecular weight is 289 g/mol. The van der Waals surface area contributed by atoms with Gasteiger partial charge in [-0.15, -0.1) is 0 Å². The summed E-state index contributed by atoms with van der Waals surface area (Å²) in [6, 6.07) is 15.2. The lowest BCUT2D eigenvalue weighted by Crippen LogP contribution is -2.16. The molecule has 2 aromatic rings. The van der Waals surface area contributed by atoms with Crippen molar-refractivity contribution in [2.75, 3.05) is 17.2 Å². The molecule has 2 rings (SSSR count). The highest BCUT2D eigenvalue weighted by Crippen LogP contribution is 2.13. The summed E-state index contributed by atoms with van der Waals surface area (Å²) in [5.41, 5.74) is 2.96. The zero-order valence-corrected chi connectivity index (χ0v) is 12.1. The molecule has 0 unspecified atom stereocenters. The maximum atomic E-state index is 11.8. The molecule has 20 heavy (non-hydrogen) atoms. The van der Waals surface area contributed by atoms with Crippen molar-refractivity contribution in [2.24, 2.45) is 0 Å². The van der Waals surface area contributed by atoms with Crippen molar-refractivity contribution in [3.05, 3.63) is 59.1 Å². The number of carbonyl (C=O) groups is 1. The summed E-state index contributed by atoms with van der Waals surface area (Å²) in [4.78, 5) is 11.8. The van der Waals surface area contributed by atoms with Crippen molar-refractivity contribution in [1.29, 1.82) is 0 Å². The molecule has 4 heteroatoms. The van der Waals surface area contributed by atoms with Crippen LogP contribution >= 0.6 is 11.6 Å². The maximum Gasteiger partial charge on any atom is 0.226 e. The third-order valence-corrected chi connectivity index (χ3v) is 3.11. The van der Waals surface area contributed by atoms with Gasteiger partial charge in [0.05, 0.1) is 0 Å². The topological polar surface area (TPSA) is 41.1 Å². The van der Waals surface area contributed by atoms with E-state index in [0.717, 1.165) is 11.4 Å². The second-order valence-corrected chi connectivity index (χ2v) is 5.03. The van der Waals surface area contributed by atoms with Crippen LogP contribution in [0.25, 0.3) is 0 Å². The van der Waals surface area contributed by atoms with Gasteiger partial charge in [-0.05, 0) is 43.3 Å². The maximum absolute atomic E-state index is 11.8. The van der Waals surface area contributed by atoms with E-state index in [9.17, 15) is 4.79 Å². The Morgan fingerprint density at radius 1 is 1.00 bits per heavy atom. The molecule has 0 aliphatic rings. The number of halogens is 1. The standard InChI is InChI=1S/C16H17ClN2O/c1-12-2-6-15(7-3-12)19-16(20)10-11-18-14-8-4-13(17)5-9-14/h2-9,18H,10-11H2,1H3,(H,19,20). The van der Waals surface area contributed by atoms with E-state index in [2.05, 4.69) is 10.6 Å². The Morgan fingerprint density at radius 3 is 2.25 bits per heavy atom. The van der Waals surface area contributed by atoms with E-state index in [0.29, 0.717) is 18.0 Å². The van der Waals surface area contributed by atoms with Crippen LogP contribution in [0.4, 0.5) is 11.4 Å². The molecule has 2 aromatic carbocycles. The SMILES string of the molecule is Cc1ccc(NC(=O)CCNc2ccc(Cl)cc2)cc1. The van der Waals surface area contributed by atoms with Crippen molar-refractivity contribution in [3.63, 3.8) is 0 Å². The molecule has 0 aliphatic carbocycles. The molecule has 1 amide bonds. The van der Waals surface area contributed by atoms with Crippen LogP contribution in [-0.4, -0.2) is 12.5 Å². The summed E-state index contributed by atoms with van der Waals surface area (Å²) in [5, 5.41) is 6.74. The van der Waals surface area contributed by atoms with Crippen molar-refractivity contribution in [1.82, 2.24) is 0 Å². The molecule has 0 saturated heterocycles. The van der Waals surface area contributed by atoms with Gasteiger partial charge in [-0.25, -0.2) is 0 Å². The number of aryl methyl sites for hydroxylation is 1. The minimum absolute atomic E-state index is 0.00434. The van der Waals surface area contributed by atoms with Crippen LogP contribution in [0.5, 0.6) is 0 Å². The summed E-state index contributed by atoms with van der Waals surface area (Å²) in [7, 11) is 0. The molecular weight excluding hydrogens is 272 g/mol. The molecule has 0 aromatic heterocycles. The summed E-state index contributed by atoms with van der Waals surface area (Å²) < 4.78 is 0. The Balaban J connectivity index is 1.75. The van der Waals surface area contributed by atoms with Gasteiger partial charge in [0.2, 0.25) is 5.91 Å². The number of hydrogen-bond acceptors (Lipinski definition) is 2. The zero-order chi connectivity index (χ0) is 14.4. The zero-order valence-electron chi connectivity index (χ0n) is 11.3. The van der Waals surface area contributed by atoms with Gasteiger partial charge in [0.25, 0.3) is 0 Å². The monoisotopic (exact) mass is 288 g/mol. The lowest BCUT2D eigenvalue weighted by atomic mass is 10.2. The predicted molar refractivity (Wildman–Crippen MR) is 84.4 cm³/mol. The van der Waals surface area contributed by atoms with E-state index in [1.54, 1.807) is 0 Å². The van der Waals surface area contributed by atoms with Gasteiger partial charge < -0.3 is 10.6 Å². The van der Waals surface area contributed by atoms with Crippen LogP contribution in [0.15, 0.2) is 48.5 Å². The highest BCUT2D eigenvalue weighted by molar-refractivity contribution is 6.30. The molecule has 0 saturated carbocycles. The normalized spacial score (nSPS) is 10.1. The second-order valence-electron chi connectivity index (χ2n) is 4.60. The minimum Gasteiger partial charge on any atom is -0.385 e. The molecule has 2 N–H and O–H groups in total. The van der Waals surface area contributed by atoms with E-state index in [1.165, 1.54) is 5.56 Å². The average Bonchev–Trinajstić information content (AvgIpc) is 2.44. The van der Waals surface area contributed by atoms with E-state index >= 15 is 0 Å². The fourth-order valence-corrected chi connectivity index (χ4v) is 1.87. The summed E-state index contributed by atoms with van der Waals surface area (Å²) in [5.74, 6) is -0.00434. The van der Waals surface area contributed by atoms with E-state index in [-0.39, 0.29) is 5.91 Å². The molecule has 0 heterocycles. The summed E-state index contributed by atoms with van der Waals surface area (Å²) >= 11 is 5.81. The summed E-state index contributed by atoms with van der Waals surface area (Å²) in [6.45, 7) is 2.60. The van der Waals surface area contributed by atoms with Crippen LogP contribution in [0.1, 0.15) is 12.0 Å². The van der Waals surface area contributed by atoms with Gasteiger partial charge in [0, 0.05) is 29.4 Å². The molecule has 3 nitrogen and oxygen atoms in total. The number of amides is 1. The largest absolute Gasteiger partial charge is 0.385 e. The molecule has 104 valence electrons. The highest BCUT2D eigenvalue weighted by atomic mass is 35.5. The smallest absolute Gasteiger partial charge is 0.226 e. The Labute approximate surface area is 124 Å². The minimum atomic E-state index is -0.00434. The number of carbonyl (C=O) groups excluding carboxylic acids is 1. The van der Waals surface area contributed by atoms with E-state index < -0.39 is 0 Å². The lowest BCUT2D eigenvalue weighted by Gasteiger charge is -2.08. The van der Waals surface area contributed by atoms with Crippen molar-refractivity contribution in [3.8, 4) is 0 Å². The van der Waals surface area contributed by atoms with E-state index in [4.69, 9.17) is 11.6 Å². The third kappa shape index (κ3) is 4.59. The number of nitrogens with one attached hydrogen (secondary N) is 2. The van der Waals surface area contributed by atoms with Crippen LogP contribution in [-0.2, 0) is 4.79 Å². The van der Waals surface area contributed by atoms with Crippen molar-refractivity contribution >= 4 is 28.9 Å². The van der Waals surface area contributed by atoms with Gasteiger partial charge in [-0.3, -0.25) is 4.79 Å². The summed E-state index contributed by atoms with van der Waals surface area (Å²) in [6.07, 6.45) is 0.413. The number of benzene rings is 2. The molecule has 0 bridgehead atoms. The van der Waals surface area contributed by atoms with Crippen LogP contribution in [0.2, 0.25) is 5.02 Å². The Hall–Kier alpha value is -2.00. The second kappa shape index (κ2) is 6.96. The lowest BCUT2D eigenvalue weighted by molar-refractivity contribution is -0.115. The predicted octanol–water partition coefficient (Wildman–Crippen LogP) is 4.09. The van der Waals surface area contributed by atoms with Crippen molar-refractivity contribution in [2.45, 2.75) is 13.3 Å². The molecular formula is C16H17ClN2O. The van der Waals surface area contributed by atoms with Crippen LogP contribution in [0.3, 0.4) is 0 Å². The first kappa shape index (κ1) is 14.4. The fraction of sp³-hybridized carbons (Fsp3) is 0.188. The Kier molecular flexibility index (Phi) is 5.02. The fourth-order valence-electron chi connectivity index (χ4n) is 1.75. The molecule has 0 aliphatic heterocycles. The molecule has 0 fully saturated rings. The Morgan fingerprint density at radius 2 is 1.60 bits per heavy atom. The van der Waals surface area contributed by atoms with Gasteiger partial charge in [-0.2, -0.15) is 0 Å².